The van der Waals surface area contributed by atoms with Gasteiger partial charge in [0.25, 0.3) is 0 Å². The van der Waals surface area contributed by atoms with Crippen LogP contribution in [0.1, 0.15) is 27.7 Å². The van der Waals surface area contributed by atoms with Gasteiger partial charge in [-0.3, -0.25) is 4.21 Å². The van der Waals surface area contributed by atoms with E-state index in [0.717, 1.165) is 0 Å². The molecule has 0 aliphatic carbocycles. The summed E-state index contributed by atoms with van der Waals surface area (Å²) in [6.45, 7) is 7.51. The molecule has 0 bridgehead atoms. The molecule has 2 atom stereocenters. The number of hydrogen-bond donors (Lipinski definition) is 0. The van der Waals surface area contributed by atoms with Crippen molar-refractivity contribution in [1.29, 1.82) is 0 Å². The number of halogens is 1. The fourth-order valence-electron chi connectivity index (χ4n) is 0.487. The van der Waals surface area contributed by atoms with E-state index in [-0.39, 0.29) is 9.46 Å². The van der Waals surface area contributed by atoms with Crippen molar-refractivity contribution in [2.75, 3.05) is 0 Å². The van der Waals surface area contributed by atoms with Crippen molar-refractivity contribution < 1.29 is 4.21 Å². The summed E-state index contributed by atoms with van der Waals surface area (Å²) in [5.74, 6) is 0. The van der Waals surface area contributed by atoms with Crippen LogP contribution in [0.4, 0.5) is 0 Å². The normalized spacial score (nSPS) is 19.2. The van der Waals surface area contributed by atoms with Gasteiger partial charge in [-0.25, -0.2) is 0 Å². The zero-order valence-corrected chi connectivity index (χ0v) is 7.84. The lowest BCUT2D eigenvalue weighted by Gasteiger charge is -2.18. The van der Waals surface area contributed by atoms with E-state index in [1.807, 2.05) is 20.8 Å². The molecule has 9 heavy (non-hydrogen) atoms. The minimum Gasteiger partial charge on any atom is -0.258 e. The largest absolute Gasteiger partial charge is 0.258 e. The molecule has 0 aromatic carbocycles. The van der Waals surface area contributed by atoms with Crippen LogP contribution in [0.3, 0.4) is 0 Å². The summed E-state index contributed by atoms with van der Waals surface area (Å²) in [7, 11) is -0.924. The van der Waals surface area contributed by atoms with Crippen LogP contribution in [0, 0.1) is 0 Å². The Kier molecular flexibility index (Phi) is 3.17. The Morgan fingerprint density at radius 2 is 1.78 bits per heavy atom. The number of rotatable bonds is 1. The van der Waals surface area contributed by atoms with E-state index in [2.05, 4.69) is 0 Å². The molecule has 3 heteroatoms. The minimum absolute atomic E-state index is 0.179. The molecule has 0 rings (SSSR count). The monoisotopic (exact) mass is 168 g/mol. The van der Waals surface area contributed by atoms with Gasteiger partial charge in [-0.05, 0) is 27.7 Å². The van der Waals surface area contributed by atoms with Crippen LogP contribution < -0.4 is 0 Å². The van der Waals surface area contributed by atoms with E-state index >= 15 is 0 Å². The number of alkyl halides is 1. The van der Waals surface area contributed by atoms with Crippen LogP contribution in [-0.2, 0) is 10.8 Å². The molecule has 0 amide bonds. The Bertz CT molecular complexity index is 115. The first-order chi connectivity index (χ1) is 3.85. The molecule has 0 N–H and O–H groups in total. The third-order valence-corrected chi connectivity index (χ3v) is 3.18. The maximum absolute atomic E-state index is 11.1. The lowest BCUT2D eigenvalue weighted by Crippen LogP contribution is -2.26. The van der Waals surface area contributed by atoms with E-state index in [1.54, 1.807) is 6.92 Å². The molecule has 0 radical (unpaired) electrons. The smallest absolute Gasteiger partial charge is 0.106 e. The molecule has 0 saturated heterocycles. The van der Waals surface area contributed by atoms with E-state index in [4.69, 9.17) is 11.6 Å². The van der Waals surface area contributed by atoms with Gasteiger partial charge in [0.15, 0.2) is 0 Å². The lowest BCUT2D eigenvalue weighted by atomic mass is 10.3. The molecule has 0 spiro atoms. The molecular weight excluding hydrogens is 156 g/mol. The zero-order valence-electron chi connectivity index (χ0n) is 6.27. The molecule has 0 fully saturated rings. The van der Waals surface area contributed by atoms with Crippen molar-refractivity contribution in [3.63, 3.8) is 0 Å². The lowest BCUT2D eigenvalue weighted by molar-refractivity contribution is 0.647. The van der Waals surface area contributed by atoms with E-state index in [0.29, 0.717) is 0 Å². The summed E-state index contributed by atoms with van der Waals surface area (Å²) in [6.07, 6.45) is 0. The highest BCUT2D eigenvalue weighted by Crippen LogP contribution is 2.17. The summed E-state index contributed by atoms with van der Waals surface area (Å²) in [6, 6.07) is 0. The highest BCUT2D eigenvalue weighted by molar-refractivity contribution is 7.88. The average Bonchev–Trinajstić information content (AvgIpc) is 1.62. The van der Waals surface area contributed by atoms with Crippen molar-refractivity contribution in [2.45, 2.75) is 37.2 Å². The maximum Gasteiger partial charge on any atom is 0.106 e. The summed E-state index contributed by atoms with van der Waals surface area (Å²) >= 11 is 5.61. The molecule has 0 aromatic rings. The molecule has 2 unspecified atom stereocenters. The van der Waals surface area contributed by atoms with Gasteiger partial charge in [0.1, 0.15) is 4.71 Å². The molecule has 1 nitrogen and oxygen atoms in total. The fourth-order valence-corrected chi connectivity index (χ4v) is 2.26. The van der Waals surface area contributed by atoms with Gasteiger partial charge in [-0.2, -0.15) is 0 Å². The standard InChI is InChI=1S/C6H13ClOS/c1-5(7)9(8)6(2,3)4/h5H,1-4H3. The van der Waals surface area contributed by atoms with Crippen LogP contribution in [-0.4, -0.2) is 13.7 Å². The van der Waals surface area contributed by atoms with Crippen molar-refractivity contribution in [3.05, 3.63) is 0 Å². The van der Waals surface area contributed by atoms with Gasteiger partial charge >= 0.3 is 0 Å². The zero-order chi connectivity index (χ0) is 7.65. The van der Waals surface area contributed by atoms with E-state index in [1.165, 1.54) is 0 Å². The predicted octanol–water partition coefficient (Wildman–Crippen LogP) is 2.12. The van der Waals surface area contributed by atoms with Gasteiger partial charge < -0.3 is 0 Å². The second kappa shape index (κ2) is 3.02. The molecule has 0 heterocycles. The quantitative estimate of drug-likeness (QED) is 0.549. The first-order valence-electron chi connectivity index (χ1n) is 2.90. The summed E-state index contributed by atoms with van der Waals surface area (Å²) < 4.78 is 10.7. The van der Waals surface area contributed by atoms with Crippen molar-refractivity contribution in [1.82, 2.24) is 0 Å². The molecule has 56 valence electrons. The van der Waals surface area contributed by atoms with Crippen LogP contribution in [0.15, 0.2) is 0 Å². The van der Waals surface area contributed by atoms with Crippen molar-refractivity contribution >= 4 is 22.4 Å². The molecule has 0 aliphatic heterocycles. The van der Waals surface area contributed by atoms with Gasteiger partial charge in [0, 0.05) is 15.5 Å². The van der Waals surface area contributed by atoms with Gasteiger partial charge in [-0.15, -0.1) is 11.6 Å². The minimum atomic E-state index is -0.924. The van der Waals surface area contributed by atoms with Crippen LogP contribution in [0.5, 0.6) is 0 Å². The van der Waals surface area contributed by atoms with Crippen molar-refractivity contribution in [2.24, 2.45) is 0 Å². The SMILES string of the molecule is CC(Cl)S(=O)C(C)(C)C. The summed E-state index contributed by atoms with van der Waals surface area (Å²) in [4.78, 5) is 0. The first kappa shape index (κ1) is 9.44. The molecule has 0 aliphatic rings. The Balaban J connectivity index is 4.06. The number of hydrogen-bond acceptors (Lipinski definition) is 1. The van der Waals surface area contributed by atoms with E-state index < -0.39 is 10.8 Å². The Morgan fingerprint density at radius 3 is 1.78 bits per heavy atom. The van der Waals surface area contributed by atoms with Gasteiger partial charge in [0.2, 0.25) is 0 Å². The predicted molar refractivity (Wildman–Crippen MR) is 43.2 cm³/mol. The summed E-state index contributed by atoms with van der Waals surface area (Å²) in [5, 5.41) is 0. The van der Waals surface area contributed by atoms with Gasteiger partial charge in [0.05, 0.1) is 0 Å². The third kappa shape index (κ3) is 3.21. The maximum atomic E-state index is 11.1. The molecular formula is C6H13ClOS. The highest BCUT2D eigenvalue weighted by Gasteiger charge is 2.22. The molecule has 0 aromatic heterocycles. The summed E-state index contributed by atoms with van der Waals surface area (Å²) in [5.41, 5.74) is 0. The van der Waals surface area contributed by atoms with Gasteiger partial charge in [-0.1, -0.05) is 0 Å². The molecule has 0 saturated carbocycles. The topological polar surface area (TPSA) is 17.1 Å². The van der Waals surface area contributed by atoms with Crippen LogP contribution >= 0.6 is 11.6 Å². The second-order valence-corrected chi connectivity index (χ2v) is 6.39. The Morgan fingerprint density at radius 1 is 1.44 bits per heavy atom. The Labute approximate surface area is 64.2 Å². The second-order valence-electron chi connectivity index (χ2n) is 2.95. The first-order valence-corrected chi connectivity index (χ1v) is 4.55. The van der Waals surface area contributed by atoms with Crippen molar-refractivity contribution in [3.8, 4) is 0 Å². The third-order valence-electron chi connectivity index (χ3n) is 0.899. The fraction of sp³-hybridized carbons (Fsp3) is 1.00. The van der Waals surface area contributed by atoms with E-state index in [9.17, 15) is 4.21 Å². The van der Waals surface area contributed by atoms with Crippen LogP contribution in [0.2, 0.25) is 0 Å². The average molecular weight is 169 g/mol. The van der Waals surface area contributed by atoms with Crippen LogP contribution in [0.25, 0.3) is 0 Å². The highest BCUT2D eigenvalue weighted by atomic mass is 35.5. The Hall–Kier alpha value is 0.440.